The summed E-state index contributed by atoms with van der Waals surface area (Å²) < 4.78 is 30.8. The first-order valence-electron chi connectivity index (χ1n) is 10.2. The number of hydrogen-bond donors (Lipinski definition) is 1. The molecule has 1 saturated heterocycles. The zero-order chi connectivity index (χ0) is 23.3. The van der Waals surface area contributed by atoms with Crippen molar-refractivity contribution in [2.45, 2.75) is 19.3 Å². The van der Waals surface area contributed by atoms with Gasteiger partial charge in [-0.05, 0) is 49.6 Å². The molecule has 1 N–H and O–H groups in total. The van der Waals surface area contributed by atoms with Crippen LogP contribution < -0.4 is 14.4 Å². The largest absolute Gasteiger partial charge is 0.495 e. The van der Waals surface area contributed by atoms with Gasteiger partial charge in [0.25, 0.3) is 5.91 Å². The van der Waals surface area contributed by atoms with E-state index in [9.17, 15) is 18.0 Å². The zero-order valence-corrected chi connectivity index (χ0v) is 19.6. The van der Waals surface area contributed by atoms with Gasteiger partial charge in [-0.2, -0.15) is 0 Å². The highest BCUT2D eigenvalue weighted by Gasteiger charge is 2.24. The normalized spacial score (nSPS) is 14.0. The molecule has 0 saturated carbocycles. The Kier molecular flexibility index (Phi) is 7.63. The number of nitrogens with one attached hydrogen (secondary N) is 1. The average molecular weight is 480 g/mol. The molecule has 1 heterocycles. The Morgan fingerprint density at radius 1 is 1.12 bits per heavy atom. The van der Waals surface area contributed by atoms with Gasteiger partial charge in [-0.15, -0.1) is 0 Å². The molecule has 1 fully saturated rings. The summed E-state index contributed by atoms with van der Waals surface area (Å²) in [5.41, 5.74) is 0.946. The molecule has 0 atom stereocenters. The van der Waals surface area contributed by atoms with Crippen molar-refractivity contribution in [3.8, 4) is 5.75 Å². The number of ether oxygens (including phenoxy) is 1. The zero-order valence-electron chi connectivity index (χ0n) is 18.0. The van der Waals surface area contributed by atoms with E-state index >= 15 is 0 Å². The molecule has 1 aliphatic heterocycles. The highest BCUT2D eigenvalue weighted by atomic mass is 35.5. The van der Waals surface area contributed by atoms with Gasteiger partial charge < -0.3 is 15.0 Å². The Labute approximate surface area is 193 Å². The maximum Gasteiger partial charge on any atom is 0.255 e. The topological polar surface area (TPSA) is 96.0 Å². The van der Waals surface area contributed by atoms with Gasteiger partial charge >= 0.3 is 0 Å². The lowest BCUT2D eigenvalue weighted by atomic mass is 10.1. The Hall–Kier alpha value is -2.78. The van der Waals surface area contributed by atoms with Crippen LogP contribution >= 0.6 is 11.6 Å². The molecule has 1 aliphatic rings. The fourth-order valence-corrected chi connectivity index (χ4v) is 4.68. The van der Waals surface area contributed by atoms with Crippen LogP contribution in [0.1, 0.15) is 29.6 Å². The molecule has 0 unspecified atom stereocenters. The molecule has 0 aliphatic carbocycles. The van der Waals surface area contributed by atoms with Crippen molar-refractivity contribution in [3.63, 3.8) is 0 Å². The monoisotopic (exact) mass is 479 g/mol. The van der Waals surface area contributed by atoms with Gasteiger partial charge in [-0.3, -0.25) is 13.9 Å². The van der Waals surface area contributed by atoms with E-state index < -0.39 is 22.5 Å². The van der Waals surface area contributed by atoms with Crippen molar-refractivity contribution in [1.29, 1.82) is 0 Å². The molecule has 0 radical (unpaired) electrons. The maximum absolute atomic E-state index is 12.9. The van der Waals surface area contributed by atoms with Crippen LogP contribution in [0.4, 0.5) is 11.4 Å². The van der Waals surface area contributed by atoms with Crippen LogP contribution in [0.25, 0.3) is 0 Å². The second kappa shape index (κ2) is 10.2. The molecule has 2 aromatic rings. The number of halogens is 1. The first-order chi connectivity index (χ1) is 15.2. The minimum absolute atomic E-state index is 0.150. The van der Waals surface area contributed by atoms with Gasteiger partial charge in [0, 0.05) is 13.1 Å². The van der Waals surface area contributed by atoms with E-state index in [0.717, 1.165) is 29.8 Å². The number of nitrogens with zero attached hydrogens (tertiary/aromatic N) is 2. The van der Waals surface area contributed by atoms with Crippen LogP contribution in [-0.2, 0) is 14.8 Å². The van der Waals surface area contributed by atoms with Crippen LogP contribution in [0.2, 0.25) is 5.02 Å². The molecule has 0 spiro atoms. The van der Waals surface area contributed by atoms with E-state index in [2.05, 4.69) is 5.32 Å². The number of piperidine rings is 1. The number of para-hydroxylation sites is 1. The van der Waals surface area contributed by atoms with Crippen LogP contribution in [-0.4, -0.2) is 58.1 Å². The van der Waals surface area contributed by atoms with Crippen molar-refractivity contribution >= 4 is 44.8 Å². The molecule has 0 aromatic heterocycles. The number of likely N-dealkylation sites (tertiary alicyclic amines) is 1. The molecular weight excluding hydrogens is 454 g/mol. The smallest absolute Gasteiger partial charge is 0.255 e. The van der Waals surface area contributed by atoms with E-state index in [4.69, 9.17) is 16.3 Å². The fourth-order valence-electron chi connectivity index (χ4n) is 3.58. The number of carbonyl (C=O) groups excluding carboxylic acids is 2. The van der Waals surface area contributed by atoms with Crippen LogP contribution in [0.5, 0.6) is 5.75 Å². The lowest BCUT2D eigenvalue weighted by Gasteiger charge is -2.27. The molecule has 172 valence electrons. The summed E-state index contributed by atoms with van der Waals surface area (Å²) in [6.07, 6.45) is 4.01. The highest BCUT2D eigenvalue weighted by Crippen LogP contribution is 2.30. The van der Waals surface area contributed by atoms with Gasteiger partial charge in [-0.25, -0.2) is 8.42 Å². The highest BCUT2D eigenvalue weighted by molar-refractivity contribution is 7.92. The average Bonchev–Trinajstić information content (AvgIpc) is 2.77. The third kappa shape index (κ3) is 5.72. The van der Waals surface area contributed by atoms with E-state index in [1.165, 1.54) is 25.3 Å². The fraction of sp³-hybridized carbons (Fsp3) is 0.364. The Bertz CT molecular complexity index is 1100. The minimum Gasteiger partial charge on any atom is -0.495 e. The van der Waals surface area contributed by atoms with E-state index in [-0.39, 0.29) is 16.6 Å². The number of amides is 2. The molecule has 3 rings (SSSR count). The molecule has 32 heavy (non-hydrogen) atoms. The maximum atomic E-state index is 12.9. The molecule has 2 amide bonds. The Morgan fingerprint density at radius 3 is 2.44 bits per heavy atom. The molecule has 10 heteroatoms. The van der Waals surface area contributed by atoms with Crippen molar-refractivity contribution in [3.05, 3.63) is 53.1 Å². The predicted octanol–water partition coefficient (Wildman–Crippen LogP) is 3.38. The van der Waals surface area contributed by atoms with E-state index in [1.807, 2.05) is 0 Å². The minimum atomic E-state index is -3.79. The van der Waals surface area contributed by atoms with Gasteiger partial charge in [0.1, 0.15) is 12.3 Å². The summed E-state index contributed by atoms with van der Waals surface area (Å²) in [6, 6.07) is 11.2. The summed E-state index contributed by atoms with van der Waals surface area (Å²) >= 11 is 6.13. The van der Waals surface area contributed by atoms with Gasteiger partial charge in [-0.1, -0.05) is 23.7 Å². The number of methoxy groups -OCH3 is 1. The van der Waals surface area contributed by atoms with Crippen LogP contribution in [0.15, 0.2) is 42.5 Å². The van der Waals surface area contributed by atoms with Crippen molar-refractivity contribution in [1.82, 2.24) is 4.90 Å². The predicted molar refractivity (Wildman–Crippen MR) is 125 cm³/mol. The summed E-state index contributed by atoms with van der Waals surface area (Å²) in [5.74, 6) is -0.345. The number of sulfonamides is 1. The molecular formula is C22H26ClN3O5S. The molecule has 0 bridgehead atoms. The second-order valence-corrected chi connectivity index (χ2v) is 9.85. The van der Waals surface area contributed by atoms with Crippen LogP contribution in [0.3, 0.4) is 0 Å². The van der Waals surface area contributed by atoms with Crippen LogP contribution in [0, 0.1) is 0 Å². The summed E-state index contributed by atoms with van der Waals surface area (Å²) in [6.45, 7) is 0.885. The first kappa shape index (κ1) is 23.9. The third-order valence-electron chi connectivity index (χ3n) is 5.19. The lowest BCUT2D eigenvalue weighted by molar-refractivity contribution is -0.114. The van der Waals surface area contributed by atoms with E-state index in [0.29, 0.717) is 30.1 Å². The number of rotatable bonds is 7. The number of anilines is 2. The quantitative estimate of drug-likeness (QED) is 0.656. The lowest BCUT2D eigenvalue weighted by Crippen LogP contribution is -2.38. The SMILES string of the molecule is COc1ccc(N(CC(=O)Nc2ccccc2C(=O)N2CCCCC2)S(C)(=O)=O)cc1Cl. The number of carbonyl (C=O) groups is 2. The standard InChI is InChI=1S/C22H26ClN3O5S/c1-31-20-11-10-16(14-18(20)23)26(32(2,29)30)15-21(27)24-19-9-5-4-8-17(19)22(28)25-12-6-3-7-13-25/h4-5,8-11,14H,3,6-7,12-13,15H2,1-2H3,(H,24,27). The summed E-state index contributed by atoms with van der Waals surface area (Å²) in [4.78, 5) is 27.5. The number of hydrogen-bond acceptors (Lipinski definition) is 5. The Morgan fingerprint density at radius 2 is 1.81 bits per heavy atom. The first-order valence-corrected chi connectivity index (χ1v) is 12.4. The van der Waals surface area contributed by atoms with E-state index in [1.54, 1.807) is 29.2 Å². The van der Waals surface area contributed by atoms with Gasteiger partial charge in [0.05, 0.1) is 35.3 Å². The van der Waals surface area contributed by atoms with Gasteiger partial charge in [0.15, 0.2) is 0 Å². The van der Waals surface area contributed by atoms with Gasteiger partial charge in [0.2, 0.25) is 15.9 Å². The van der Waals surface area contributed by atoms with Crippen molar-refractivity contribution in [2.24, 2.45) is 0 Å². The number of benzene rings is 2. The Balaban J connectivity index is 1.80. The molecule has 8 nitrogen and oxygen atoms in total. The third-order valence-corrected chi connectivity index (χ3v) is 6.62. The van der Waals surface area contributed by atoms with Crippen molar-refractivity contribution in [2.75, 3.05) is 42.6 Å². The summed E-state index contributed by atoms with van der Waals surface area (Å²) in [5, 5.41) is 2.91. The van der Waals surface area contributed by atoms with Crippen molar-refractivity contribution < 1.29 is 22.7 Å². The second-order valence-electron chi connectivity index (χ2n) is 7.54. The summed E-state index contributed by atoms with van der Waals surface area (Å²) in [7, 11) is -2.34. The molecule has 2 aromatic carbocycles.